The summed E-state index contributed by atoms with van der Waals surface area (Å²) < 4.78 is 5.87. The fraction of sp³-hybridized carbons (Fsp3) is 0.467. The summed E-state index contributed by atoms with van der Waals surface area (Å²) in [5, 5.41) is 4.47. The summed E-state index contributed by atoms with van der Waals surface area (Å²) >= 11 is 0. The van der Waals surface area contributed by atoms with Crippen LogP contribution in [0.2, 0.25) is 0 Å². The summed E-state index contributed by atoms with van der Waals surface area (Å²) in [4.78, 5) is 2.49. The zero-order chi connectivity index (χ0) is 12.4. The highest BCUT2D eigenvalue weighted by molar-refractivity contribution is 5.85. The van der Waals surface area contributed by atoms with E-state index in [0.29, 0.717) is 0 Å². The van der Waals surface area contributed by atoms with Crippen molar-refractivity contribution in [3.8, 4) is 0 Å². The summed E-state index contributed by atoms with van der Waals surface area (Å²) in [6.45, 7) is 4.42. The highest BCUT2D eigenvalue weighted by atomic mass is 35.5. The van der Waals surface area contributed by atoms with E-state index in [1.807, 2.05) is 19.2 Å². The van der Waals surface area contributed by atoms with Gasteiger partial charge in [-0.25, -0.2) is 0 Å². The van der Waals surface area contributed by atoms with Gasteiger partial charge >= 0.3 is 0 Å². The van der Waals surface area contributed by atoms with Crippen LogP contribution in [0.5, 0.6) is 0 Å². The molecule has 1 aromatic carbocycles. The zero-order valence-corrected chi connectivity index (χ0v) is 12.1. The van der Waals surface area contributed by atoms with Crippen LogP contribution < -0.4 is 5.32 Å². The molecule has 1 aliphatic heterocycles. The van der Waals surface area contributed by atoms with Crippen LogP contribution in [0.4, 0.5) is 0 Å². The predicted octanol–water partition coefficient (Wildman–Crippen LogP) is 2.90. The Bertz CT molecular complexity index is 493. The van der Waals surface area contributed by atoms with Crippen LogP contribution in [0.25, 0.3) is 11.0 Å². The van der Waals surface area contributed by atoms with Crippen molar-refractivity contribution in [3.63, 3.8) is 0 Å². The molecule has 1 N–H and O–H groups in total. The summed E-state index contributed by atoms with van der Waals surface area (Å²) in [7, 11) is 2.03. The molecule has 1 aliphatic rings. The van der Waals surface area contributed by atoms with Crippen molar-refractivity contribution in [2.24, 2.45) is 5.92 Å². The molecular formula is C15H21ClN2O. The number of nitrogens with one attached hydrogen (secondary N) is 1. The van der Waals surface area contributed by atoms with Crippen molar-refractivity contribution < 1.29 is 4.42 Å². The molecular weight excluding hydrogens is 260 g/mol. The maximum absolute atomic E-state index is 5.87. The van der Waals surface area contributed by atoms with Crippen molar-refractivity contribution in [2.45, 2.75) is 13.0 Å². The molecule has 0 aliphatic carbocycles. The lowest BCUT2D eigenvalue weighted by Crippen LogP contribution is -2.24. The van der Waals surface area contributed by atoms with Crippen LogP contribution in [0.15, 0.2) is 34.7 Å². The number of hydrogen-bond donors (Lipinski definition) is 1. The van der Waals surface area contributed by atoms with Gasteiger partial charge in [-0.3, -0.25) is 4.90 Å². The van der Waals surface area contributed by atoms with Crippen LogP contribution >= 0.6 is 12.4 Å². The highest BCUT2D eigenvalue weighted by Crippen LogP contribution is 2.23. The fourth-order valence-corrected chi connectivity index (χ4v) is 2.85. The first-order chi connectivity index (χ1) is 8.85. The van der Waals surface area contributed by atoms with Crippen molar-refractivity contribution >= 4 is 23.4 Å². The topological polar surface area (TPSA) is 28.4 Å². The molecule has 2 aromatic rings. The normalized spacial score (nSPS) is 19.7. The average Bonchev–Trinajstić information content (AvgIpc) is 2.96. The third-order valence-corrected chi connectivity index (χ3v) is 3.72. The van der Waals surface area contributed by atoms with E-state index in [1.54, 1.807) is 0 Å². The average molecular weight is 281 g/mol. The molecule has 0 saturated carbocycles. The van der Waals surface area contributed by atoms with Gasteiger partial charge in [-0.05, 0) is 44.6 Å². The zero-order valence-electron chi connectivity index (χ0n) is 11.3. The molecule has 0 amide bonds. The van der Waals surface area contributed by atoms with Crippen LogP contribution in [-0.4, -0.2) is 31.6 Å². The third kappa shape index (κ3) is 3.30. The first kappa shape index (κ1) is 14.4. The van der Waals surface area contributed by atoms with Crippen molar-refractivity contribution in [3.05, 3.63) is 36.1 Å². The van der Waals surface area contributed by atoms with Gasteiger partial charge in [0.05, 0.1) is 6.54 Å². The molecule has 1 aromatic heterocycles. The maximum atomic E-state index is 5.87. The SMILES string of the molecule is CNCC1CCN(Cc2cc3ccccc3o2)C1.Cl. The van der Waals surface area contributed by atoms with Crippen LogP contribution in [-0.2, 0) is 6.54 Å². The molecule has 1 saturated heterocycles. The fourth-order valence-electron chi connectivity index (χ4n) is 2.85. The number of rotatable bonds is 4. The Balaban J connectivity index is 0.00000133. The van der Waals surface area contributed by atoms with Gasteiger partial charge in [-0.1, -0.05) is 18.2 Å². The number of likely N-dealkylation sites (tertiary alicyclic amines) is 1. The molecule has 0 radical (unpaired) electrons. The Hall–Kier alpha value is -1.03. The van der Waals surface area contributed by atoms with E-state index in [4.69, 9.17) is 4.42 Å². The van der Waals surface area contributed by atoms with E-state index in [0.717, 1.165) is 30.4 Å². The minimum absolute atomic E-state index is 0. The molecule has 3 rings (SSSR count). The van der Waals surface area contributed by atoms with Gasteiger partial charge in [0.1, 0.15) is 11.3 Å². The third-order valence-electron chi connectivity index (χ3n) is 3.72. The Kier molecular flexibility index (Phi) is 4.86. The van der Waals surface area contributed by atoms with E-state index in [1.165, 1.54) is 24.9 Å². The maximum Gasteiger partial charge on any atom is 0.134 e. The molecule has 1 unspecified atom stereocenters. The van der Waals surface area contributed by atoms with E-state index >= 15 is 0 Å². The number of nitrogens with zero attached hydrogens (tertiary/aromatic N) is 1. The van der Waals surface area contributed by atoms with Gasteiger partial charge in [-0.2, -0.15) is 0 Å². The van der Waals surface area contributed by atoms with Gasteiger partial charge in [0.2, 0.25) is 0 Å². The molecule has 1 fully saturated rings. The van der Waals surface area contributed by atoms with Crippen molar-refractivity contribution in [1.82, 2.24) is 10.2 Å². The van der Waals surface area contributed by atoms with Crippen LogP contribution in [0, 0.1) is 5.92 Å². The Morgan fingerprint density at radius 3 is 3.00 bits per heavy atom. The Morgan fingerprint density at radius 2 is 2.21 bits per heavy atom. The lowest BCUT2D eigenvalue weighted by atomic mass is 10.1. The lowest BCUT2D eigenvalue weighted by molar-refractivity contribution is 0.289. The summed E-state index contributed by atoms with van der Waals surface area (Å²) in [5.41, 5.74) is 0.999. The van der Waals surface area contributed by atoms with Gasteiger partial charge in [-0.15, -0.1) is 12.4 Å². The smallest absolute Gasteiger partial charge is 0.134 e. The lowest BCUT2D eigenvalue weighted by Gasteiger charge is -2.14. The van der Waals surface area contributed by atoms with Crippen LogP contribution in [0.1, 0.15) is 12.2 Å². The molecule has 0 bridgehead atoms. The number of halogens is 1. The molecule has 0 spiro atoms. The molecule has 19 heavy (non-hydrogen) atoms. The minimum Gasteiger partial charge on any atom is -0.460 e. The molecule has 104 valence electrons. The quantitative estimate of drug-likeness (QED) is 0.933. The van der Waals surface area contributed by atoms with Gasteiger partial charge in [0.25, 0.3) is 0 Å². The Morgan fingerprint density at radius 1 is 1.37 bits per heavy atom. The molecule has 2 heterocycles. The van der Waals surface area contributed by atoms with Gasteiger partial charge < -0.3 is 9.73 Å². The second kappa shape index (κ2) is 6.42. The van der Waals surface area contributed by atoms with Gasteiger partial charge in [0, 0.05) is 11.9 Å². The van der Waals surface area contributed by atoms with Crippen LogP contribution in [0.3, 0.4) is 0 Å². The summed E-state index contributed by atoms with van der Waals surface area (Å²) in [6.07, 6.45) is 1.29. The van der Waals surface area contributed by atoms with E-state index < -0.39 is 0 Å². The van der Waals surface area contributed by atoms with Crippen molar-refractivity contribution in [1.29, 1.82) is 0 Å². The molecule has 4 heteroatoms. The number of hydrogen-bond acceptors (Lipinski definition) is 3. The second-order valence-corrected chi connectivity index (χ2v) is 5.20. The standard InChI is InChI=1S/C15H20N2O.ClH/c1-16-9-12-6-7-17(10-12)11-14-8-13-4-2-3-5-15(13)18-14;/h2-5,8,12,16H,6-7,9-11H2,1H3;1H. The first-order valence-electron chi connectivity index (χ1n) is 6.69. The summed E-state index contributed by atoms with van der Waals surface area (Å²) in [5.74, 6) is 1.88. The largest absolute Gasteiger partial charge is 0.460 e. The van der Waals surface area contributed by atoms with E-state index in [2.05, 4.69) is 28.4 Å². The Labute approximate surface area is 120 Å². The highest BCUT2D eigenvalue weighted by Gasteiger charge is 2.22. The molecule has 3 nitrogen and oxygen atoms in total. The first-order valence-corrected chi connectivity index (χ1v) is 6.69. The van der Waals surface area contributed by atoms with E-state index in [-0.39, 0.29) is 12.4 Å². The van der Waals surface area contributed by atoms with Crippen molar-refractivity contribution in [2.75, 3.05) is 26.7 Å². The second-order valence-electron chi connectivity index (χ2n) is 5.20. The monoisotopic (exact) mass is 280 g/mol. The van der Waals surface area contributed by atoms with E-state index in [9.17, 15) is 0 Å². The van der Waals surface area contributed by atoms with Gasteiger partial charge in [0.15, 0.2) is 0 Å². The number of benzene rings is 1. The minimum atomic E-state index is 0. The number of furan rings is 1. The number of fused-ring (bicyclic) bond motifs is 1. The molecule has 1 atom stereocenters. The predicted molar refractivity (Wildman–Crippen MR) is 80.8 cm³/mol. The number of para-hydroxylation sites is 1. The summed E-state index contributed by atoms with van der Waals surface area (Å²) in [6, 6.07) is 10.4.